The summed E-state index contributed by atoms with van der Waals surface area (Å²) < 4.78 is 12.8. The third-order valence-corrected chi connectivity index (χ3v) is 9.55. The molecule has 5 nitrogen and oxygen atoms in total. The minimum atomic E-state index is 0.164. The third kappa shape index (κ3) is 4.21. The van der Waals surface area contributed by atoms with Gasteiger partial charge < -0.3 is 9.15 Å². The predicted octanol–water partition coefficient (Wildman–Crippen LogP) is 10.3. The van der Waals surface area contributed by atoms with Crippen molar-refractivity contribution in [3.05, 3.63) is 174 Å². The quantitative estimate of drug-likeness (QED) is 0.197. The molecule has 2 unspecified atom stereocenters. The molecule has 2 atom stereocenters. The molecule has 0 saturated heterocycles. The summed E-state index contributed by atoms with van der Waals surface area (Å²) in [5, 5.41) is 2.01. The van der Waals surface area contributed by atoms with E-state index in [1.54, 1.807) is 0 Å². The fourth-order valence-electron chi connectivity index (χ4n) is 7.33. The van der Waals surface area contributed by atoms with Crippen LogP contribution in [-0.2, 0) is 0 Å². The average molecular weight is 618 g/mol. The van der Waals surface area contributed by atoms with Gasteiger partial charge in [0.05, 0.1) is 5.92 Å². The number of ether oxygens (including phenoxy) is 1. The van der Waals surface area contributed by atoms with Crippen molar-refractivity contribution in [3.63, 3.8) is 0 Å². The molecular weight excluding hydrogens is 590 g/mol. The standard InChI is InChI=1S/C43H27N3O2/c1-3-11-26(12-4-1)31-16-9-17-33-39-34(18-10-20-36(39)48-40(31)33)43-45-41(27-13-5-2-6-14-27)44-42(46-43)29-21-23-30-28(25-29)22-24-37-38(30)32-15-7-8-19-35(32)47-37/h1-25,30,38H. The van der Waals surface area contributed by atoms with E-state index in [1.807, 2.05) is 60.7 Å². The lowest BCUT2D eigenvalue weighted by Gasteiger charge is -2.28. The number of allylic oxidation sites excluding steroid dienone is 8. The Morgan fingerprint density at radius 2 is 1.31 bits per heavy atom. The largest absolute Gasteiger partial charge is 0.461 e. The zero-order valence-electron chi connectivity index (χ0n) is 25.7. The molecule has 226 valence electrons. The molecule has 0 amide bonds. The van der Waals surface area contributed by atoms with E-state index >= 15 is 0 Å². The monoisotopic (exact) mass is 617 g/mol. The maximum absolute atomic E-state index is 6.56. The number of fused-ring (bicyclic) bond motifs is 8. The first-order chi connectivity index (χ1) is 23.8. The van der Waals surface area contributed by atoms with Crippen LogP contribution in [0.5, 0.6) is 5.75 Å². The van der Waals surface area contributed by atoms with E-state index in [9.17, 15) is 0 Å². The van der Waals surface area contributed by atoms with E-state index in [1.165, 1.54) is 11.1 Å². The highest BCUT2D eigenvalue weighted by atomic mass is 16.5. The molecule has 0 spiro atoms. The van der Waals surface area contributed by atoms with Crippen molar-refractivity contribution in [2.24, 2.45) is 5.92 Å². The molecule has 0 N–H and O–H groups in total. The van der Waals surface area contributed by atoms with Gasteiger partial charge in [-0.2, -0.15) is 0 Å². The molecule has 1 aliphatic heterocycles. The smallest absolute Gasteiger partial charge is 0.164 e. The van der Waals surface area contributed by atoms with Gasteiger partial charge in [-0.3, -0.25) is 0 Å². The minimum Gasteiger partial charge on any atom is -0.461 e. The van der Waals surface area contributed by atoms with Crippen LogP contribution in [0.25, 0.3) is 61.4 Å². The summed E-state index contributed by atoms with van der Waals surface area (Å²) in [6.45, 7) is 0. The van der Waals surface area contributed by atoms with E-state index in [0.717, 1.165) is 61.3 Å². The Hall–Kier alpha value is -6.33. The maximum Gasteiger partial charge on any atom is 0.164 e. The Balaban J connectivity index is 1.13. The summed E-state index contributed by atoms with van der Waals surface area (Å²) in [5.41, 5.74) is 9.02. The molecule has 0 saturated carbocycles. The molecular formula is C43H27N3O2. The Kier molecular flexibility index (Phi) is 5.93. The van der Waals surface area contributed by atoms with E-state index in [-0.39, 0.29) is 11.8 Å². The Morgan fingerprint density at radius 3 is 2.19 bits per heavy atom. The van der Waals surface area contributed by atoms with Crippen molar-refractivity contribution in [1.29, 1.82) is 0 Å². The second kappa shape index (κ2) is 10.6. The molecule has 5 aromatic carbocycles. The number of hydrogen-bond acceptors (Lipinski definition) is 5. The molecule has 2 aliphatic carbocycles. The first kappa shape index (κ1) is 26.8. The molecule has 3 aliphatic rings. The lowest BCUT2D eigenvalue weighted by Crippen LogP contribution is -2.18. The van der Waals surface area contributed by atoms with Crippen LogP contribution in [0.3, 0.4) is 0 Å². The first-order valence-electron chi connectivity index (χ1n) is 16.2. The van der Waals surface area contributed by atoms with Crippen LogP contribution in [0, 0.1) is 5.92 Å². The van der Waals surface area contributed by atoms with Gasteiger partial charge in [-0.1, -0.05) is 127 Å². The molecule has 0 bridgehead atoms. The zero-order chi connectivity index (χ0) is 31.6. The number of para-hydroxylation sites is 2. The number of nitrogens with zero attached hydrogens (tertiary/aromatic N) is 3. The molecule has 0 radical (unpaired) electrons. The van der Waals surface area contributed by atoms with E-state index < -0.39 is 0 Å². The average Bonchev–Trinajstić information content (AvgIpc) is 3.74. The van der Waals surface area contributed by atoms with Crippen LogP contribution >= 0.6 is 0 Å². The van der Waals surface area contributed by atoms with Crippen LogP contribution in [0.1, 0.15) is 17.3 Å². The molecule has 7 aromatic rings. The van der Waals surface area contributed by atoms with Gasteiger partial charge in [0.15, 0.2) is 17.5 Å². The van der Waals surface area contributed by atoms with Gasteiger partial charge >= 0.3 is 0 Å². The normalized spacial score (nSPS) is 17.6. The van der Waals surface area contributed by atoms with Gasteiger partial charge in [-0.25, -0.2) is 15.0 Å². The highest BCUT2D eigenvalue weighted by molar-refractivity contribution is 6.14. The Bertz CT molecular complexity index is 2540. The van der Waals surface area contributed by atoms with Gasteiger partial charge in [0.1, 0.15) is 22.7 Å². The SMILES string of the molecule is C1=CC2C(=CC=C3Oc4ccccc4C32)C=C1c1nc(-c2ccccc2)nc(-c2cccc3oc4c(-c5ccccc5)cccc4c23)n1. The fraction of sp³-hybridized carbons (Fsp3) is 0.0465. The molecule has 10 rings (SSSR count). The topological polar surface area (TPSA) is 61.0 Å². The Morgan fingerprint density at radius 1 is 0.583 bits per heavy atom. The first-order valence-corrected chi connectivity index (χ1v) is 16.2. The lowest BCUT2D eigenvalue weighted by atomic mass is 9.75. The van der Waals surface area contributed by atoms with Gasteiger partial charge in [0.25, 0.3) is 0 Å². The summed E-state index contributed by atoms with van der Waals surface area (Å²) in [5.74, 6) is 4.14. The van der Waals surface area contributed by atoms with Crippen molar-refractivity contribution in [3.8, 4) is 39.7 Å². The summed E-state index contributed by atoms with van der Waals surface area (Å²) in [6, 6.07) is 41.2. The van der Waals surface area contributed by atoms with Crippen molar-refractivity contribution in [2.45, 2.75) is 5.92 Å². The van der Waals surface area contributed by atoms with Crippen LogP contribution in [0.15, 0.2) is 167 Å². The third-order valence-electron chi connectivity index (χ3n) is 9.55. The van der Waals surface area contributed by atoms with Crippen molar-refractivity contribution in [2.75, 3.05) is 0 Å². The second-order valence-corrected chi connectivity index (χ2v) is 12.3. The maximum atomic E-state index is 6.56. The predicted molar refractivity (Wildman–Crippen MR) is 190 cm³/mol. The molecule has 2 aromatic heterocycles. The fourth-order valence-corrected chi connectivity index (χ4v) is 7.33. The van der Waals surface area contributed by atoms with Gasteiger partial charge in [-0.05, 0) is 35.4 Å². The summed E-state index contributed by atoms with van der Waals surface area (Å²) in [6.07, 6.45) is 10.9. The second-order valence-electron chi connectivity index (χ2n) is 12.3. The number of rotatable bonds is 4. The zero-order valence-corrected chi connectivity index (χ0v) is 25.7. The van der Waals surface area contributed by atoms with Crippen molar-refractivity contribution < 1.29 is 9.15 Å². The number of benzene rings is 5. The number of furan rings is 1. The van der Waals surface area contributed by atoms with Crippen LogP contribution in [0.4, 0.5) is 0 Å². The van der Waals surface area contributed by atoms with Gasteiger partial charge in [-0.15, -0.1) is 0 Å². The highest BCUT2D eigenvalue weighted by Gasteiger charge is 2.38. The van der Waals surface area contributed by atoms with E-state index in [4.69, 9.17) is 24.1 Å². The molecule has 48 heavy (non-hydrogen) atoms. The molecule has 3 heterocycles. The van der Waals surface area contributed by atoms with Gasteiger partial charge in [0.2, 0.25) is 0 Å². The lowest BCUT2D eigenvalue weighted by molar-refractivity contribution is 0.409. The summed E-state index contributed by atoms with van der Waals surface area (Å²) >= 11 is 0. The molecule has 0 fully saturated rings. The Labute approximate surface area is 276 Å². The minimum absolute atomic E-state index is 0.164. The number of aromatic nitrogens is 3. The van der Waals surface area contributed by atoms with E-state index in [0.29, 0.717) is 17.5 Å². The number of hydrogen-bond donors (Lipinski definition) is 0. The van der Waals surface area contributed by atoms with Crippen LogP contribution < -0.4 is 4.74 Å². The van der Waals surface area contributed by atoms with Crippen LogP contribution in [0.2, 0.25) is 0 Å². The van der Waals surface area contributed by atoms with Gasteiger partial charge in [0, 0.05) is 44.5 Å². The highest BCUT2D eigenvalue weighted by Crippen LogP contribution is 2.51. The van der Waals surface area contributed by atoms with Crippen molar-refractivity contribution >= 4 is 27.5 Å². The van der Waals surface area contributed by atoms with Crippen LogP contribution in [-0.4, -0.2) is 15.0 Å². The summed E-state index contributed by atoms with van der Waals surface area (Å²) in [7, 11) is 0. The van der Waals surface area contributed by atoms with Crippen molar-refractivity contribution in [1.82, 2.24) is 15.0 Å². The summed E-state index contributed by atoms with van der Waals surface area (Å²) in [4.78, 5) is 15.3. The molecule has 5 heteroatoms. The van der Waals surface area contributed by atoms with E-state index in [2.05, 4.69) is 91.0 Å².